The van der Waals surface area contributed by atoms with E-state index in [2.05, 4.69) is 15.3 Å². The molecule has 0 atom stereocenters. The largest absolute Gasteiger partial charge is 0.439 e. The molecular weight excluding hydrogens is 304 g/mol. The highest BCUT2D eigenvalue weighted by Crippen LogP contribution is 2.23. The van der Waals surface area contributed by atoms with Gasteiger partial charge in [0.05, 0.1) is 11.1 Å². The Morgan fingerprint density at radius 2 is 2.04 bits per heavy atom. The molecule has 0 bridgehead atoms. The van der Waals surface area contributed by atoms with E-state index < -0.39 is 0 Å². The summed E-state index contributed by atoms with van der Waals surface area (Å²) in [5, 5.41) is 11.5. The van der Waals surface area contributed by atoms with E-state index in [1.54, 1.807) is 54.7 Å². The maximum atomic E-state index is 12.1. The van der Waals surface area contributed by atoms with Crippen molar-refractivity contribution >= 4 is 11.6 Å². The second-order valence-corrected chi connectivity index (χ2v) is 4.82. The van der Waals surface area contributed by atoms with Gasteiger partial charge in [0.25, 0.3) is 5.91 Å². The van der Waals surface area contributed by atoms with Gasteiger partial charge in [-0.25, -0.2) is 4.98 Å². The first-order valence-corrected chi connectivity index (χ1v) is 7.10. The van der Waals surface area contributed by atoms with Crippen LogP contribution in [0.5, 0.6) is 11.6 Å². The quantitative estimate of drug-likeness (QED) is 0.797. The summed E-state index contributed by atoms with van der Waals surface area (Å²) in [5.41, 5.74) is 1.52. The van der Waals surface area contributed by atoms with Crippen LogP contribution in [0, 0.1) is 11.3 Å². The number of benzene rings is 1. The van der Waals surface area contributed by atoms with Crippen LogP contribution in [0.3, 0.4) is 0 Å². The Morgan fingerprint density at radius 3 is 2.75 bits per heavy atom. The smallest absolute Gasteiger partial charge is 0.257 e. The maximum absolute atomic E-state index is 12.1. The number of hydrogen-bond acceptors (Lipinski definition) is 5. The minimum Gasteiger partial charge on any atom is -0.439 e. The van der Waals surface area contributed by atoms with Gasteiger partial charge in [-0.2, -0.15) is 5.26 Å². The number of nitrogens with zero attached hydrogens (tertiary/aromatic N) is 3. The van der Waals surface area contributed by atoms with Gasteiger partial charge in [0.2, 0.25) is 5.88 Å². The Labute approximate surface area is 138 Å². The SMILES string of the molecule is N#Cc1ccc(Oc2cccc(NC(=O)c3cccnc3)c2)nc1. The number of amides is 1. The Bertz CT molecular complexity index is 887. The highest BCUT2D eigenvalue weighted by molar-refractivity contribution is 6.04. The van der Waals surface area contributed by atoms with Gasteiger partial charge in [-0.05, 0) is 30.3 Å². The average Bonchev–Trinajstić information content (AvgIpc) is 2.63. The molecule has 1 aromatic carbocycles. The molecule has 3 aromatic rings. The third-order valence-electron chi connectivity index (χ3n) is 3.10. The fourth-order valence-electron chi connectivity index (χ4n) is 1.97. The number of nitriles is 1. The molecule has 3 rings (SSSR count). The Kier molecular flexibility index (Phi) is 4.45. The zero-order chi connectivity index (χ0) is 16.8. The number of hydrogen-bond donors (Lipinski definition) is 1. The van der Waals surface area contributed by atoms with Gasteiger partial charge in [-0.1, -0.05) is 6.07 Å². The Morgan fingerprint density at radius 1 is 1.12 bits per heavy atom. The molecule has 0 aliphatic heterocycles. The summed E-state index contributed by atoms with van der Waals surface area (Å²) in [5.74, 6) is 0.637. The van der Waals surface area contributed by atoms with E-state index in [1.165, 1.54) is 12.4 Å². The van der Waals surface area contributed by atoms with Crippen molar-refractivity contribution < 1.29 is 9.53 Å². The van der Waals surface area contributed by atoms with Crippen molar-refractivity contribution in [3.05, 3.63) is 78.2 Å². The molecule has 0 unspecified atom stereocenters. The molecular formula is C18H12N4O2. The van der Waals surface area contributed by atoms with Crippen molar-refractivity contribution in [2.24, 2.45) is 0 Å². The number of carbonyl (C=O) groups excluding carboxylic acids is 1. The van der Waals surface area contributed by atoms with E-state index in [0.29, 0.717) is 28.4 Å². The van der Waals surface area contributed by atoms with Crippen LogP contribution in [-0.4, -0.2) is 15.9 Å². The third kappa shape index (κ3) is 3.72. The van der Waals surface area contributed by atoms with Gasteiger partial charge in [-0.3, -0.25) is 9.78 Å². The first-order valence-electron chi connectivity index (χ1n) is 7.10. The third-order valence-corrected chi connectivity index (χ3v) is 3.10. The topological polar surface area (TPSA) is 87.9 Å². The molecule has 1 amide bonds. The van der Waals surface area contributed by atoms with Gasteiger partial charge in [-0.15, -0.1) is 0 Å². The molecule has 2 aromatic heterocycles. The van der Waals surface area contributed by atoms with Crippen LogP contribution in [0.1, 0.15) is 15.9 Å². The van der Waals surface area contributed by atoms with Gasteiger partial charge in [0, 0.05) is 36.4 Å². The number of pyridine rings is 2. The minimum absolute atomic E-state index is 0.253. The molecule has 6 heteroatoms. The minimum atomic E-state index is -0.253. The predicted octanol–water partition coefficient (Wildman–Crippen LogP) is 3.39. The molecule has 0 spiro atoms. The first-order chi connectivity index (χ1) is 11.7. The van der Waals surface area contributed by atoms with Crippen molar-refractivity contribution in [2.75, 3.05) is 5.32 Å². The van der Waals surface area contributed by atoms with Crippen LogP contribution in [0.15, 0.2) is 67.1 Å². The summed E-state index contributed by atoms with van der Waals surface area (Å²) >= 11 is 0. The zero-order valence-electron chi connectivity index (χ0n) is 12.5. The molecule has 2 heterocycles. The summed E-state index contributed by atoms with van der Waals surface area (Å²) in [7, 11) is 0. The van der Waals surface area contributed by atoms with E-state index in [1.807, 2.05) is 6.07 Å². The van der Waals surface area contributed by atoms with Crippen molar-refractivity contribution in [3.8, 4) is 17.7 Å². The molecule has 0 saturated carbocycles. The van der Waals surface area contributed by atoms with Gasteiger partial charge in [0.1, 0.15) is 11.8 Å². The van der Waals surface area contributed by atoms with Gasteiger partial charge >= 0.3 is 0 Å². The lowest BCUT2D eigenvalue weighted by molar-refractivity contribution is 0.102. The number of rotatable bonds is 4. The lowest BCUT2D eigenvalue weighted by Gasteiger charge is -2.08. The van der Waals surface area contributed by atoms with E-state index in [9.17, 15) is 4.79 Å². The molecule has 0 saturated heterocycles. The van der Waals surface area contributed by atoms with Crippen molar-refractivity contribution in [1.82, 2.24) is 9.97 Å². The number of nitrogens with one attached hydrogen (secondary N) is 1. The molecule has 0 fully saturated rings. The highest BCUT2D eigenvalue weighted by Gasteiger charge is 2.07. The fraction of sp³-hybridized carbons (Fsp3) is 0. The molecule has 0 aliphatic carbocycles. The second kappa shape index (κ2) is 7.03. The first kappa shape index (κ1) is 15.2. The van der Waals surface area contributed by atoms with Crippen LogP contribution >= 0.6 is 0 Å². The van der Waals surface area contributed by atoms with Gasteiger partial charge < -0.3 is 10.1 Å². The van der Waals surface area contributed by atoms with E-state index in [0.717, 1.165) is 0 Å². The summed E-state index contributed by atoms with van der Waals surface area (Å²) in [4.78, 5) is 20.1. The Hall–Kier alpha value is -3.72. The maximum Gasteiger partial charge on any atom is 0.257 e. The summed E-state index contributed by atoms with van der Waals surface area (Å²) < 4.78 is 5.62. The number of anilines is 1. The molecule has 116 valence electrons. The zero-order valence-corrected chi connectivity index (χ0v) is 12.5. The van der Waals surface area contributed by atoms with Crippen molar-refractivity contribution in [2.45, 2.75) is 0 Å². The van der Waals surface area contributed by atoms with Crippen LogP contribution in [0.4, 0.5) is 5.69 Å². The summed E-state index contributed by atoms with van der Waals surface area (Å²) in [6, 6.07) is 15.6. The van der Waals surface area contributed by atoms with Crippen molar-refractivity contribution in [1.29, 1.82) is 5.26 Å². The van der Waals surface area contributed by atoms with Crippen LogP contribution in [0.2, 0.25) is 0 Å². The number of carbonyl (C=O) groups is 1. The van der Waals surface area contributed by atoms with E-state index in [4.69, 9.17) is 10.00 Å². The monoisotopic (exact) mass is 316 g/mol. The van der Waals surface area contributed by atoms with Gasteiger partial charge in [0.15, 0.2) is 0 Å². The highest BCUT2D eigenvalue weighted by atomic mass is 16.5. The second-order valence-electron chi connectivity index (χ2n) is 4.82. The molecule has 24 heavy (non-hydrogen) atoms. The number of ether oxygens (including phenoxy) is 1. The fourth-order valence-corrected chi connectivity index (χ4v) is 1.97. The average molecular weight is 316 g/mol. The van der Waals surface area contributed by atoms with Crippen LogP contribution in [-0.2, 0) is 0 Å². The molecule has 1 N–H and O–H groups in total. The summed E-state index contributed by atoms with van der Waals surface area (Å²) in [6.45, 7) is 0. The van der Waals surface area contributed by atoms with Crippen LogP contribution < -0.4 is 10.1 Å². The van der Waals surface area contributed by atoms with E-state index >= 15 is 0 Å². The lowest BCUT2D eigenvalue weighted by Crippen LogP contribution is -2.11. The lowest BCUT2D eigenvalue weighted by atomic mass is 10.2. The summed E-state index contributed by atoms with van der Waals surface area (Å²) in [6.07, 6.45) is 4.54. The normalized spacial score (nSPS) is 9.79. The predicted molar refractivity (Wildman–Crippen MR) is 87.7 cm³/mol. The number of aromatic nitrogens is 2. The van der Waals surface area contributed by atoms with Crippen molar-refractivity contribution in [3.63, 3.8) is 0 Å². The van der Waals surface area contributed by atoms with E-state index in [-0.39, 0.29) is 5.91 Å². The Balaban J connectivity index is 1.72. The molecule has 0 radical (unpaired) electrons. The molecule has 6 nitrogen and oxygen atoms in total. The molecule has 0 aliphatic rings. The standard InChI is InChI=1S/C18H12N4O2/c19-10-13-6-7-17(21-11-13)24-16-5-1-4-15(9-16)22-18(23)14-3-2-8-20-12-14/h1-9,11-12H,(H,22,23). The van der Waals surface area contributed by atoms with Crippen LogP contribution in [0.25, 0.3) is 0 Å².